The van der Waals surface area contributed by atoms with E-state index >= 15 is 0 Å². The summed E-state index contributed by atoms with van der Waals surface area (Å²) in [6, 6.07) is 8.13. The van der Waals surface area contributed by atoms with E-state index in [0.717, 1.165) is 24.8 Å². The van der Waals surface area contributed by atoms with Crippen molar-refractivity contribution in [3.05, 3.63) is 35.4 Å². The molecule has 1 aromatic rings. The number of aryl methyl sites for hydroxylation is 2. The Hall–Kier alpha value is -1.16. The molecule has 0 aliphatic carbocycles. The number of benzene rings is 1. The Morgan fingerprint density at radius 3 is 2.19 bits per heavy atom. The average Bonchev–Trinajstić information content (AvgIpc) is 2.66. The standard InChI is InChI=1S/C19H28O7S/c20-11-14-16(23)17(24)18(25)19(26-14)27-10-9-13-7-5-12(6-8-13)3-1-2-4-15(21)22/h5-8,14,16-20,23-25H,1-4,9-11H2,(H,21,22). The Morgan fingerprint density at radius 1 is 0.963 bits per heavy atom. The van der Waals surface area contributed by atoms with E-state index in [2.05, 4.69) is 0 Å². The molecule has 7 nitrogen and oxygen atoms in total. The third-order valence-electron chi connectivity index (χ3n) is 4.65. The summed E-state index contributed by atoms with van der Waals surface area (Å²) in [5, 5.41) is 47.4. The van der Waals surface area contributed by atoms with Gasteiger partial charge in [0.05, 0.1) is 6.61 Å². The molecule has 1 heterocycles. The van der Waals surface area contributed by atoms with Crippen LogP contribution in [0.3, 0.4) is 0 Å². The molecule has 5 atom stereocenters. The van der Waals surface area contributed by atoms with Crippen LogP contribution >= 0.6 is 11.8 Å². The fourth-order valence-electron chi connectivity index (χ4n) is 2.98. The molecule has 27 heavy (non-hydrogen) atoms. The number of hydrogen-bond acceptors (Lipinski definition) is 7. The van der Waals surface area contributed by atoms with Gasteiger partial charge in [0.25, 0.3) is 0 Å². The quantitative estimate of drug-likeness (QED) is 0.361. The van der Waals surface area contributed by atoms with E-state index in [9.17, 15) is 25.2 Å². The maximum absolute atomic E-state index is 10.5. The number of unbranched alkanes of at least 4 members (excludes halogenated alkanes) is 1. The highest BCUT2D eigenvalue weighted by Crippen LogP contribution is 2.28. The highest BCUT2D eigenvalue weighted by Gasteiger charge is 2.43. The monoisotopic (exact) mass is 400 g/mol. The van der Waals surface area contributed by atoms with Gasteiger partial charge in [0.2, 0.25) is 0 Å². The van der Waals surface area contributed by atoms with E-state index in [1.807, 2.05) is 24.3 Å². The van der Waals surface area contributed by atoms with Gasteiger partial charge in [-0.2, -0.15) is 0 Å². The van der Waals surface area contributed by atoms with Gasteiger partial charge in [0, 0.05) is 6.42 Å². The summed E-state index contributed by atoms with van der Waals surface area (Å²) in [7, 11) is 0. The molecule has 0 radical (unpaired) electrons. The first kappa shape index (κ1) is 22.1. The number of carbonyl (C=O) groups is 1. The van der Waals surface area contributed by atoms with Gasteiger partial charge in [0.1, 0.15) is 29.9 Å². The predicted octanol–water partition coefficient (Wildman–Crippen LogP) is 0.560. The van der Waals surface area contributed by atoms with Gasteiger partial charge in [-0.3, -0.25) is 4.79 Å². The van der Waals surface area contributed by atoms with Crippen molar-refractivity contribution >= 4 is 17.7 Å². The first-order valence-corrected chi connectivity index (χ1v) is 10.2. The molecule has 0 bridgehead atoms. The lowest BCUT2D eigenvalue weighted by Crippen LogP contribution is -2.57. The highest BCUT2D eigenvalue weighted by molar-refractivity contribution is 7.99. The number of carboxylic acids is 1. The Balaban J connectivity index is 1.74. The molecule has 1 aliphatic heterocycles. The third kappa shape index (κ3) is 6.74. The van der Waals surface area contributed by atoms with E-state index in [1.165, 1.54) is 17.3 Å². The zero-order valence-electron chi connectivity index (χ0n) is 15.1. The molecule has 5 N–H and O–H groups in total. The van der Waals surface area contributed by atoms with E-state index in [0.29, 0.717) is 12.2 Å². The number of hydrogen-bond donors (Lipinski definition) is 5. The number of aliphatic hydroxyl groups is 4. The Bertz CT molecular complexity index is 578. The second kappa shape index (κ2) is 11.0. The molecule has 1 fully saturated rings. The van der Waals surface area contributed by atoms with Gasteiger partial charge in [-0.25, -0.2) is 0 Å². The molecule has 0 amide bonds. The SMILES string of the molecule is O=C(O)CCCCc1ccc(CCSC2OC(CO)C(O)C(O)C2O)cc1. The third-order valence-corrected chi connectivity index (χ3v) is 5.81. The molecule has 8 heteroatoms. The summed E-state index contributed by atoms with van der Waals surface area (Å²) < 4.78 is 5.47. The first-order chi connectivity index (χ1) is 12.9. The Kier molecular flexibility index (Phi) is 9.01. The van der Waals surface area contributed by atoms with E-state index in [4.69, 9.17) is 9.84 Å². The van der Waals surface area contributed by atoms with Crippen LogP contribution in [0.1, 0.15) is 30.4 Å². The van der Waals surface area contributed by atoms with Crippen molar-refractivity contribution in [2.75, 3.05) is 12.4 Å². The molecular formula is C19H28O7S. The van der Waals surface area contributed by atoms with Crippen molar-refractivity contribution in [1.82, 2.24) is 0 Å². The van der Waals surface area contributed by atoms with Crippen LogP contribution in [0.4, 0.5) is 0 Å². The zero-order valence-corrected chi connectivity index (χ0v) is 15.9. The number of aliphatic hydroxyl groups excluding tert-OH is 4. The zero-order chi connectivity index (χ0) is 19.8. The van der Waals surface area contributed by atoms with Crippen LogP contribution in [0.25, 0.3) is 0 Å². The lowest BCUT2D eigenvalue weighted by atomic mass is 10.0. The van der Waals surface area contributed by atoms with Crippen molar-refractivity contribution in [2.45, 2.75) is 62.0 Å². The molecule has 2 rings (SSSR count). The fourth-order valence-corrected chi connectivity index (χ4v) is 4.14. The Morgan fingerprint density at radius 2 is 1.59 bits per heavy atom. The maximum atomic E-state index is 10.5. The number of aliphatic carboxylic acids is 1. The lowest BCUT2D eigenvalue weighted by Gasteiger charge is -2.39. The summed E-state index contributed by atoms with van der Waals surface area (Å²) >= 11 is 1.34. The molecule has 1 aliphatic rings. The molecule has 0 saturated carbocycles. The number of ether oxygens (including phenoxy) is 1. The van der Waals surface area contributed by atoms with Crippen LogP contribution in [0.2, 0.25) is 0 Å². The second-order valence-electron chi connectivity index (χ2n) is 6.74. The van der Waals surface area contributed by atoms with Gasteiger partial charge in [0.15, 0.2) is 0 Å². The molecule has 0 spiro atoms. The molecule has 1 saturated heterocycles. The second-order valence-corrected chi connectivity index (χ2v) is 7.94. The predicted molar refractivity (Wildman–Crippen MR) is 102 cm³/mol. The molecule has 1 aromatic carbocycles. The van der Waals surface area contributed by atoms with Crippen LogP contribution < -0.4 is 0 Å². The topological polar surface area (TPSA) is 127 Å². The van der Waals surface area contributed by atoms with Crippen molar-refractivity contribution in [3.63, 3.8) is 0 Å². The first-order valence-electron chi connectivity index (χ1n) is 9.14. The van der Waals surface area contributed by atoms with Crippen molar-refractivity contribution in [3.8, 4) is 0 Å². The fraction of sp³-hybridized carbons (Fsp3) is 0.632. The van der Waals surface area contributed by atoms with Crippen LogP contribution in [-0.4, -0.2) is 73.7 Å². The minimum absolute atomic E-state index is 0.202. The van der Waals surface area contributed by atoms with Crippen molar-refractivity contribution in [1.29, 1.82) is 0 Å². The van der Waals surface area contributed by atoms with Gasteiger partial charge >= 0.3 is 5.97 Å². The lowest BCUT2D eigenvalue weighted by molar-refractivity contribution is -0.205. The number of carboxylic acid groups (broad SMARTS) is 1. The van der Waals surface area contributed by atoms with Crippen molar-refractivity contribution < 1.29 is 35.1 Å². The number of thioether (sulfide) groups is 1. The summed E-state index contributed by atoms with van der Waals surface area (Å²) in [6.45, 7) is -0.421. The summed E-state index contributed by atoms with van der Waals surface area (Å²) in [5.74, 6) is -0.108. The molecular weight excluding hydrogens is 372 g/mol. The van der Waals surface area contributed by atoms with Crippen LogP contribution in [-0.2, 0) is 22.4 Å². The molecule has 152 valence electrons. The average molecular weight is 400 g/mol. The minimum Gasteiger partial charge on any atom is -0.481 e. The van der Waals surface area contributed by atoms with E-state index in [1.54, 1.807) is 0 Å². The number of rotatable bonds is 10. The smallest absolute Gasteiger partial charge is 0.303 e. The van der Waals surface area contributed by atoms with Gasteiger partial charge in [-0.05, 0) is 42.6 Å². The normalized spacial score (nSPS) is 28.2. The summed E-state index contributed by atoms with van der Waals surface area (Å²) in [5.41, 5.74) is 1.60. The highest BCUT2D eigenvalue weighted by atomic mass is 32.2. The molecule has 0 aromatic heterocycles. The maximum Gasteiger partial charge on any atom is 0.303 e. The van der Waals surface area contributed by atoms with Gasteiger partial charge in [-0.1, -0.05) is 24.3 Å². The summed E-state index contributed by atoms with van der Waals surface area (Å²) in [4.78, 5) is 10.5. The Labute approximate surface area is 163 Å². The van der Waals surface area contributed by atoms with Crippen molar-refractivity contribution in [2.24, 2.45) is 0 Å². The molecule has 5 unspecified atom stereocenters. The summed E-state index contributed by atoms with van der Waals surface area (Å²) in [6.07, 6.45) is -1.42. The van der Waals surface area contributed by atoms with E-state index in [-0.39, 0.29) is 6.42 Å². The van der Waals surface area contributed by atoms with Gasteiger partial charge < -0.3 is 30.3 Å². The van der Waals surface area contributed by atoms with Gasteiger partial charge in [-0.15, -0.1) is 11.8 Å². The van der Waals surface area contributed by atoms with Crippen LogP contribution in [0.5, 0.6) is 0 Å². The van der Waals surface area contributed by atoms with E-state index < -0.39 is 42.4 Å². The minimum atomic E-state index is -1.34. The van der Waals surface area contributed by atoms with Crippen LogP contribution in [0.15, 0.2) is 24.3 Å². The largest absolute Gasteiger partial charge is 0.481 e. The van der Waals surface area contributed by atoms with Crippen LogP contribution in [0, 0.1) is 0 Å².